The fraction of sp³-hybridized carbons (Fsp3) is 0.143. The monoisotopic (exact) mass is 357 g/mol. The number of carbonyl (C=O) groups excluding carboxylic acids is 2. The topological polar surface area (TPSA) is 87.0 Å². The van der Waals surface area contributed by atoms with Crippen molar-refractivity contribution in [2.45, 2.75) is 13.0 Å². The van der Waals surface area contributed by atoms with E-state index in [9.17, 15) is 9.59 Å². The van der Waals surface area contributed by atoms with Gasteiger partial charge in [-0.3, -0.25) is 9.59 Å². The van der Waals surface area contributed by atoms with Crippen molar-refractivity contribution in [3.05, 3.63) is 52.4 Å². The fourth-order valence-electron chi connectivity index (χ4n) is 4.52. The van der Waals surface area contributed by atoms with E-state index in [1.807, 2.05) is 24.3 Å². The van der Waals surface area contributed by atoms with Gasteiger partial charge < -0.3 is 20.0 Å². The van der Waals surface area contributed by atoms with Crippen molar-refractivity contribution in [1.29, 1.82) is 0 Å². The molecule has 0 saturated heterocycles. The first-order valence-electron chi connectivity index (χ1n) is 8.84. The molecule has 3 N–H and O–H groups in total. The van der Waals surface area contributed by atoms with E-state index < -0.39 is 0 Å². The average molecular weight is 357 g/mol. The van der Waals surface area contributed by atoms with Gasteiger partial charge in [-0.1, -0.05) is 18.2 Å². The highest BCUT2D eigenvalue weighted by Crippen LogP contribution is 2.42. The number of ether oxygens (including phenoxy) is 1. The van der Waals surface area contributed by atoms with E-state index in [4.69, 9.17) is 4.74 Å². The molecule has 2 aromatic carbocycles. The number of hydrogen-bond acceptors (Lipinski definition) is 3. The smallest absolute Gasteiger partial charge is 0.252 e. The number of aromatic amines is 2. The number of rotatable bonds is 1. The molecule has 0 unspecified atom stereocenters. The number of H-pyrrole nitrogens is 2. The van der Waals surface area contributed by atoms with E-state index in [1.54, 1.807) is 7.11 Å². The molecule has 6 rings (SSSR count). The summed E-state index contributed by atoms with van der Waals surface area (Å²) in [5.41, 5.74) is 5.65. The maximum Gasteiger partial charge on any atom is 0.252 e. The molecular weight excluding hydrogens is 342 g/mol. The number of Topliss-reactive ketones (excluding diaryl/α,β-unsaturated/α-hetero) is 1. The van der Waals surface area contributed by atoms with Crippen LogP contribution in [0, 0.1) is 0 Å². The number of amides is 1. The molecule has 1 aliphatic heterocycles. The average Bonchev–Trinajstić information content (AvgIpc) is 3.34. The normalized spacial score (nSPS) is 16.0. The maximum atomic E-state index is 12.7. The first kappa shape index (κ1) is 14.6. The van der Waals surface area contributed by atoms with Gasteiger partial charge in [-0.05, 0) is 17.7 Å². The second-order valence-electron chi connectivity index (χ2n) is 7.04. The van der Waals surface area contributed by atoms with Crippen LogP contribution in [0.4, 0.5) is 0 Å². The minimum Gasteiger partial charge on any atom is -0.501 e. The molecule has 0 atom stereocenters. The lowest BCUT2D eigenvalue weighted by atomic mass is 9.93. The predicted octanol–water partition coefficient (Wildman–Crippen LogP) is 3.62. The number of methoxy groups -OCH3 is 1. The highest BCUT2D eigenvalue weighted by molar-refractivity contribution is 6.27. The second kappa shape index (κ2) is 4.79. The van der Waals surface area contributed by atoms with E-state index in [2.05, 4.69) is 21.4 Å². The van der Waals surface area contributed by atoms with Gasteiger partial charge >= 0.3 is 0 Å². The zero-order valence-corrected chi connectivity index (χ0v) is 14.5. The van der Waals surface area contributed by atoms with Crippen LogP contribution >= 0.6 is 0 Å². The quantitative estimate of drug-likeness (QED) is 0.486. The lowest BCUT2D eigenvalue weighted by Crippen LogP contribution is -2.13. The molecule has 2 aliphatic rings. The number of hydrogen-bond donors (Lipinski definition) is 3. The Morgan fingerprint density at radius 2 is 1.85 bits per heavy atom. The summed E-state index contributed by atoms with van der Waals surface area (Å²) in [5.74, 6) is 0.476. The molecule has 3 heterocycles. The van der Waals surface area contributed by atoms with Gasteiger partial charge in [0.2, 0.25) is 0 Å². The first-order chi connectivity index (χ1) is 13.2. The second-order valence-corrected chi connectivity index (χ2v) is 7.04. The number of carbonyl (C=O) groups is 2. The first-order valence-corrected chi connectivity index (χ1v) is 8.84. The van der Waals surface area contributed by atoms with Gasteiger partial charge in [-0.15, -0.1) is 0 Å². The molecule has 6 nitrogen and oxygen atoms in total. The van der Waals surface area contributed by atoms with Crippen LogP contribution < -0.4 is 5.32 Å². The molecule has 4 aromatic rings. The van der Waals surface area contributed by atoms with Crippen molar-refractivity contribution in [3.63, 3.8) is 0 Å². The van der Waals surface area contributed by atoms with Gasteiger partial charge in [-0.2, -0.15) is 0 Å². The molecular formula is C21H15N3O3. The lowest BCUT2D eigenvalue weighted by molar-refractivity contribution is 0.0957. The molecule has 132 valence electrons. The van der Waals surface area contributed by atoms with Crippen LogP contribution in [-0.4, -0.2) is 28.8 Å². The number of aromatic nitrogens is 2. The van der Waals surface area contributed by atoms with E-state index in [-0.39, 0.29) is 18.1 Å². The summed E-state index contributed by atoms with van der Waals surface area (Å²) in [6.07, 6.45) is 2.09. The summed E-state index contributed by atoms with van der Waals surface area (Å²) in [7, 11) is 1.56. The van der Waals surface area contributed by atoms with Crippen molar-refractivity contribution in [2.24, 2.45) is 0 Å². The van der Waals surface area contributed by atoms with Crippen LogP contribution in [-0.2, 0) is 11.3 Å². The lowest BCUT2D eigenvalue weighted by Gasteiger charge is -2.11. The molecule has 1 aliphatic carbocycles. The predicted molar refractivity (Wildman–Crippen MR) is 103 cm³/mol. The van der Waals surface area contributed by atoms with E-state index in [0.717, 1.165) is 43.8 Å². The Labute approximate surface area is 153 Å². The van der Waals surface area contributed by atoms with Crippen LogP contribution in [0.2, 0.25) is 0 Å². The zero-order chi connectivity index (χ0) is 18.3. The van der Waals surface area contributed by atoms with Gasteiger partial charge in [0.25, 0.3) is 5.91 Å². The Kier molecular flexibility index (Phi) is 2.59. The minimum atomic E-state index is -0.102. The highest BCUT2D eigenvalue weighted by atomic mass is 16.5. The number of ketones is 1. The number of nitrogens with one attached hydrogen (secondary N) is 3. The highest BCUT2D eigenvalue weighted by Gasteiger charge is 2.33. The molecule has 0 saturated carbocycles. The third-order valence-electron chi connectivity index (χ3n) is 5.68. The summed E-state index contributed by atoms with van der Waals surface area (Å²) >= 11 is 0. The van der Waals surface area contributed by atoms with E-state index in [0.29, 0.717) is 23.6 Å². The van der Waals surface area contributed by atoms with Gasteiger partial charge in [0.1, 0.15) is 5.76 Å². The van der Waals surface area contributed by atoms with Gasteiger partial charge in [-0.25, -0.2) is 0 Å². The summed E-state index contributed by atoms with van der Waals surface area (Å²) < 4.78 is 5.34. The number of fused-ring (bicyclic) bond motifs is 10. The minimum absolute atomic E-state index is 0.0306. The molecule has 0 bridgehead atoms. The molecule has 6 heteroatoms. The molecule has 2 aromatic heterocycles. The summed E-state index contributed by atoms with van der Waals surface area (Å²) in [4.78, 5) is 32.2. The Morgan fingerprint density at radius 1 is 1.04 bits per heavy atom. The molecule has 1 amide bonds. The van der Waals surface area contributed by atoms with Crippen molar-refractivity contribution < 1.29 is 14.3 Å². The standard InChI is InChI=1S/C21H15N3O3/c1-27-9-6-11-16-17-12(8-22-21(17)26)15-10-4-2-3-5-13(10)23-19(15)20(16)24-18(11)14(25)7-9/h2-6,23-24H,7-8H2,1H3,(H,22,26). The third kappa shape index (κ3) is 1.70. The molecule has 0 radical (unpaired) electrons. The summed E-state index contributed by atoms with van der Waals surface area (Å²) in [5, 5.41) is 5.86. The maximum absolute atomic E-state index is 12.7. The van der Waals surface area contributed by atoms with Crippen LogP contribution in [0.25, 0.3) is 38.8 Å². The van der Waals surface area contributed by atoms with Gasteiger partial charge in [0.05, 0.1) is 35.8 Å². The molecule has 0 fully saturated rings. The third-order valence-corrected chi connectivity index (χ3v) is 5.68. The summed E-state index contributed by atoms with van der Waals surface area (Å²) in [6.45, 7) is 0.483. The van der Waals surface area contributed by atoms with Crippen molar-refractivity contribution in [1.82, 2.24) is 15.3 Å². The van der Waals surface area contributed by atoms with Crippen LogP contribution in [0.15, 0.2) is 30.0 Å². The number of allylic oxidation sites excluding steroid dienone is 1. The van der Waals surface area contributed by atoms with Crippen molar-refractivity contribution in [2.75, 3.05) is 7.11 Å². The van der Waals surface area contributed by atoms with Gasteiger partial charge in [0, 0.05) is 33.8 Å². The summed E-state index contributed by atoms with van der Waals surface area (Å²) in [6, 6.07) is 8.05. The SMILES string of the molecule is COC1=Cc2c([nH]c3c2c2c(c4c5ccccc5[nH]c34)CNC2=O)C(=O)C1. The number of para-hydroxylation sites is 1. The van der Waals surface area contributed by atoms with Gasteiger partial charge in [0.15, 0.2) is 5.78 Å². The Bertz CT molecular complexity index is 1370. The Hall–Kier alpha value is -3.54. The largest absolute Gasteiger partial charge is 0.501 e. The number of benzene rings is 2. The van der Waals surface area contributed by atoms with E-state index in [1.165, 1.54) is 0 Å². The zero-order valence-electron chi connectivity index (χ0n) is 14.5. The van der Waals surface area contributed by atoms with Crippen LogP contribution in [0.1, 0.15) is 38.4 Å². The fourth-order valence-corrected chi connectivity index (χ4v) is 4.52. The Balaban J connectivity index is 1.89. The van der Waals surface area contributed by atoms with E-state index >= 15 is 0 Å². The van der Waals surface area contributed by atoms with Crippen LogP contribution in [0.3, 0.4) is 0 Å². The van der Waals surface area contributed by atoms with Crippen molar-refractivity contribution >= 4 is 50.5 Å². The Morgan fingerprint density at radius 3 is 2.70 bits per heavy atom. The van der Waals surface area contributed by atoms with Crippen molar-refractivity contribution in [3.8, 4) is 0 Å². The molecule has 27 heavy (non-hydrogen) atoms. The van der Waals surface area contributed by atoms with Crippen LogP contribution in [0.5, 0.6) is 0 Å². The molecule has 0 spiro atoms.